The van der Waals surface area contributed by atoms with Crippen LogP contribution in [0.15, 0.2) is 57.5 Å². The smallest absolute Gasteiger partial charge is 0.338 e. The third-order valence-corrected chi connectivity index (χ3v) is 7.22. The Morgan fingerprint density at radius 1 is 1.23 bits per heavy atom. The van der Waals surface area contributed by atoms with Gasteiger partial charge < -0.3 is 14.2 Å². The van der Waals surface area contributed by atoms with Crippen molar-refractivity contribution in [2.45, 2.75) is 39.8 Å². The van der Waals surface area contributed by atoms with Gasteiger partial charge in [-0.15, -0.1) is 6.42 Å². The van der Waals surface area contributed by atoms with Gasteiger partial charge in [0, 0.05) is 5.02 Å². The van der Waals surface area contributed by atoms with Crippen molar-refractivity contribution in [1.29, 1.82) is 0 Å². The Hall–Kier alpha value is -3.51. The molecule has 1 atom stereocenters. The van der Waals surface area contributed by atoms with Gasteiger partial charge in [0.2, 0.25) is 0 Å². The Bertz CT molecular complexity index is 1660. The van der Waals surface area contributed by atoms with Crippen LogP contribution in [0.2, 0.25) is 10.0 Å². The van der Waals surface area contributed by atoms with Gasteiger partial charge in [-0.2, -0.15) is 0 Å². The fourth-order valence-corrected chi connectivity index (χ4v) is 5.61. The average Bonchev–Trinajstić information content (AvgIpc) is 3.17. The molecule has 2 aromatic carbocycles. The van der Waals surface area contributed by atoms with Gasteiger partial charge in [0.25, 0.3) is 5.56 Å². The number of rotatable bonds is 8. The molecule has 2 heterocycles. The Balaban J connectivity index is 1.90. The van der Waals surface area contributed by atoms with Gasteiger partial charge in [0.1, 0.15) is 6.61 Å². The number of hydrogen-bond donors (Lipinski definition) is 0. The molecule has 0 N–H and O–H groups in total. The number of halogens is 2. The fraction of sp³-hybridized carbons (Fsp3) is 0.276. The highest BCUT2D eigenvalue weighted by atomic mass is 35.5. The monoisotopic (exact) mass is 584 g/mol. The van der Waals surface area contributed by atoms with Crippen LogP contribution in [-0.2, 0) is 9.53 Å². The standard InChI is InChI=1S/C29H26Cl2N2O5S/c1-6-12-37-26-21(31)13-18(14-22(26)36-7-2)15-23-27(34)33-25(19-8-10-20(30)11-9-19)24(28(35)38-16(3)4)17(5)32-29(33)39-23/h1,8-11,13-16,25H,7,12H2,2-5H3/b23-15-/t25-/m0/s1. The first-order valence-corrected chi connectivity index (χ1v) is 13.7. The van der Waals surface area contributed by atoms with Gasteiger partial charge in [-0.3, -0.25) is 9.36 Å². The van der Waals surface area contributed by atoms with Crippen molar-refractivity contribution >= 4 is 46.6 Å². The first kappa shape index (κ1) is 28.5. The maximum absolute atomic E-state index is 13.8. The number of benzene rings is 2. The summed E-state index contributed by atoms with van der Waals surface area (Å²) in [5.41, 5.74) is 1.78. The largest absolute Gasteiger partial charge is 0.490 e. The zero-order valence-electron chi connectivity index (χ0n) is 21.8. The predicted molar refractivity (Wildman–Crippen MR) is 153 cm³/mol. The first-order chi connectivity index (χ1) is 18.6. The molecule has 0 amide bonds. The van der Waals surface area contributed by atoms with Crippen molar-refractivity contribution in [1.82, 2.24) is 4.57 Å². The van der Waals surface area contributed by atoms with E-state index in [0.717, 1.165) is 0 Å². The van der Waals surface area contributed by atoms with Crippen molar-refractivity contribution in [2.24, 2.45) is 4.99 Å². The highest BCUT2D eigenvalue weighted by molar-refractivity contribution is 7.07. The molecule has 4 rings (SSSR count). The number of thiazole rings is 1. The highest BCUT2D eigenvalue weighted by Gasteiger charge is 2.33. The van der Waals surface area contributed by atoms with Gasteiger partial charge in [-0.05, 0) is 69.2 Å². The summed E-state index contributed by atoms with van der Waals surface area (Å²) in [5, 5.41) is 0.832. The summed E-state index contributed by atoms with van der Waals surface area (Å²) in [6.07, 6.45) is 6.68. The normalized spacial score (nSPS) is 15.0. The number of allylic oxidation sites excluding steroid dienone is 1. The Kier molecular flexibility index (Phi) is 8.86. The molecule has 39 heavy (non-hydrogen) atoms. The Morgan fingerprint density at radius 2 is 1.95 bits per heavy atom. The second-order valence-corrected chi connectivity index (χ2v) is 10.7. The second-order valence-electron chi connectivity index (χ2n) is 8.84. The average molecular weight is 586 g/mol. The van der Waals surface area contributed by atoms with E-state index in [1.165, 1.54) is 15.9 Å². The molecule has 10 heteroatoms. The lowest BCUT2D eigenvalue weighted by atomic mass is 9.96. The van der Waals surface area contributed by atoms with Crippen LogP contribution in [0.1, 0.15) is 44.9 Å². The summed E-state index contributed by atoms with van der Waals surface area (Å²) in [5.74, 6) is 2.62. The van der Waals surface area contributed by atoms with Crippen molar-refractivity contribution < 1.29 is 19.0 Å². The van der Waals surface area contributed by atoms with E-state index >= 15 is 0 Å². The molecule has 1 aliphatic heterocycles. The zero-order chi connectivity index (χ0) is 28.3. The number of carbonyl (C=O) groups excluding carboxylic acids is 1. The molecule has 0 aliphatic carbocycles. The minimum Gasteiger partial charge on any atom is -0.490 e. The molecule has 202 valence electrons. The van der Waals surface area contributed by atoms with Gasteiger partial charge >= 0.3 is 5.97 Å². The molecule has 0 saturated carbocycles. The van der Waals surface area contributed by atoms with E-state index in [4.69, 9.17) is 43.8 Å². The molecule has 0 bridgehead atoms. The molecule has 0 spiro atoms. The molecular formula is C29H26Cl2N2O5S. The lowest BCUT2D eigenvalue weighted by Gasteiger charge is -2.25. The second kappa shape index (κ2) is 12.1. The van der Waals surface area contributed by atoms with Crippen molar-refractivity contribution in [3.05, 3.63) is 88.5 Å². The van der Waals surface area contributed by atoms with E-state index in [-0.39, 0.29) is 18.3 Å². The van der Waals surface area contributed by atoms with Crippen LogP contribution in [0.4, 0.5) is 0 Å². The van der Waals surface area contributed by atoms with E-state index in [2.05, 4.69) is 10.9 Å². The molecular weight excluding hydrogens is 559 g/mol. The number of hydrogen-bond acceptors (Lipinski definition) is 7. The van der Waals surface area contributed by atoms with E-state index in [1.54, 1.807) is 63.2 Å². The number of nitrogens with zero attached hydrogens (tertiary/aromatic N) is 2. The molecule has 1 aromatic heterocycles. The van der Waals surface area contributed by atoms with Crippen LogP contribution in [0.5, 0.6) is 11.5 Å². The predicted octanol–water partition coefficient (Wildman–Crippen LogP) is 4.90. The van der Waals surface area contributed by atoms with Gasteiger partial charge in [-0.25, -0.2) is 9.79 Å². The molecule has 0 fully saturated rings. The van der Waals surface area contributed by atoms with Crippen molar-refractivity contribution in [2.75, 3.05) is 13.2 Å². The third kappa shape index (κ3) is 6.06. The number of terminal acetylenes is 1. The molecule has 1 aliphatic rings. The van der Waals surface area contributed by atoms with Gasteiger partial charge in [0.05, 0.1) is 39.6 Å². The van der Waals surface area contributed by atoms with E-state index in [9.17, 15) is 9.59 Å². The van der Waals surface area contributed by atoms with E-state index < -0.39 is 12.0 Å². The topological polar surface area (TPSA) is 79.1 Å². The van der Waals surface area contributed by atoms with Crippen LogP contribution in [-0.4, -0.2) is 29.9 Å². The molecule has 0 unspecified atom stereocenters. The number of aromatic nitrogens is 1. The summed E-state index contributed by atoms with van der Waals surface area (Å²) in [4.78, 5) is 32.1. The number of fused-ring (bicyclic) bond motifs is 1. The lowest BCUT2D eigenvalue weighted by molar-refractivity contribution is -0.143. The van der Waals surface area contributed by atoms with Crippen LogP contribution >= 0.6 is 34.5 Å². The van der Waals surface area contributed by atoms with Gasteiger partial charge in [-0.1, -0.05) is 52.6 Å². The lowest BCUT2D eigenvalue weighted by Crippen LogP contribution is -2.40. The summed E-state index contributed by atoms with van der Waals surface area (Å²) in [7, 11) is 0. The first-order valence-electron chi connectivity index (χ1n) is 12.2. The maximum atomic E-state index is 13.8. The van der Waals surface area contributed by atoms with E-state index in [1.807, 2.05) is 6.92 Å². The number of carbonyl (C=O) groups is 1. The van der Waals surface area contributed by atoms with Crippen molar-refractivity contribution in [3.8, 4) is 23.8 Å². The quantitative estimate of drug-likeness (QED) is 0.278. The minimum absolute atomic E-state index is 0.0311. The molecule has 3 aromatic rings. The van der Waals surface area contributed by atoms with Crippen LogP contribution in [0.3, 0.4) is 0 Å². The molecule has 0 radical (unpaired) electrons. The molecule has 7 nitrogen and oxygen atoms in total. The minimum atomic E-state index is -0.742. The van der Waals surface area contributed by atoms with Crippen molar-refractivity contribution in [3.63, 3.8) is 0 Å². The highest BCUT2D eigenvalue weighted by Crippen LogP contribution is 2.37. The zero-order valence-corrected chi connectivity index (χ0v) is 24.1. The van der Waals surface area contributed by atoms with Crippen LogP contribution in [0.25, 0.3) is 6.08 Å². The van der Waals surface area contributed by atoms with Crippen LogP contribution in [0, 0.1) is 12.3 Å². The number of esters is 1. The number of ether oxygens (including phenoxy) is 3. The maximum Gasteiger partial charge on any atom is 0.338 e. The van der Waals surface area contributed by atoms with Crippen LogP contribution < -0.4 is 24.4 Å². The summed E-state index contributed by atoms with van der Waals surface area (Å²) >= 11 is 13.8. The SMILES string of the molecule is C#CCOc1c(Cl)cc(/C=c2\sc3n(c2=O)[C@@H](c2ccc(Cl)cc2)C(C(=O)OC(C)C)=C(C)N=3)cc1OCC. The van der Waals surface area contributed by atoms with E-state index in [0.29, 0.717) is 59.9 Å². The summed E-state index contributed by atoms with van der Waals surface area (Å²) in [6, 6.07) is 9.66. The van der Waals surface area contributed by atoms with Gasteiger partial charge in [0.15, 0.2) is 16.3 Å². The summed E-state index contributed by atoms with van der Waals surface area (Å²) in [6.45, 7) is 7.52. The molecule has 0 saturated heterocycles. The fourth-order valence-electron chi connectivity index (χ4n) is 4.16. The third-order valence-electron chi connectivity index (χ3n) is 5.70. The summed E-state index contributed by atoms with van der Waals surface area (Å²) < 4.78 is 18.7. The Morgan fingerprint density at radius 3 is 2.59 bits per heavy atom. The Labute approximate surface area is 240 Å².